The standard InChI is InChI=1S/C20H19ClN4O/c1-12-6-13(2)8-16(7-12)24-20(26)18-10-23-19(11-22-18)25-17-5-4-15(21)9-14(17)3/h4-11H,1-3H3,(H,23,25)(H,24,26). The van der Waals surface area contributed by atoms with E-state index in [-0.39, 0.29) is 11.6 Å². The molecule has 0 saturated heterocycles. The molecular weight excluding hydrogens is 348 g/mol. The van der Waals surface area contributed by atoms with E-state index >= 15 is 0 Å². The maximum absolute atomic E-state index is 12.3. The number of rotatable bonds is 4. The number of anilines is 3. The van der Waals surface area contributed by atoms with Crippen LogP contribution in [0, 0.1) is 20.8 Å². The summed E-state index contributed by atoms with van der Waals surface area (Å²) in [5.74, 6) is 0.259. The van der Waals surface area contributed by atoms with Gasteiger partial charge in [-0.15, -0.1) is 0 Å². The highest BCUT2D eigenvalue weighted by molar-refractivity contribution is 6.30. The van der Waals surface area contributed by atoms with Gasteiger partial charge in [-0.2, -0.15) is 0 Å². The van der Waals surface area contributed by atoms with Crippen LogP contribution in [0.25, 0.3) is 0 Å². The van der Waals surface area contributed by atoms with E-state index in [1.165, 1.54) is 12.4 Å². The van der Waals surface area contributed by atoms with Crippen molar-refractivity contribution in [3.05, 3.63) is 76.2 Å². The second-order valence-corrected chi connectivity index (χ2v) is 6.64. The maximum atomic E-state index is 12.3. The summed E-state index contributed by atoms with van der Waals surface area (Å²) in [7, 11) is 0. The molecule has 0 aliphatic rings. The third-order valence-electron chi connectivity index (χ3n) is 3.82. The van der Waals surface area contributed by atoms with E-state index in [4.69, 9.17) is 11.6 Å². The molecule has 1 amide bonds. The highest BCUT2D eigenvalue weighted by Gasteiger charge is 2.10. The molecule has 0 aliphatic carbocycles. The number of benzene rings is 2. The summed E-state index contributed by atoms with van der Waals surface area (Å²) in [5, 5.41) is 6.69. The fourth-order valence-corrected chi connectivity index (χ4v) is 2.88. The molecule has 0 spiro atoms. The van der Waals surface area contributed by atoms with Crippen molar-refractivity contribution in [2.45, 2.75) is 20.8 Å². The minimum absolute atomic E-state index is 0.252. The average Bonchev–Trinajstić information content (AvgIpc) is 2.57. The number of nitrogens with one attached hydrogen (secondary N) is 2. The first-order valence-electron chi connectivity index (χ1n) is 8.15. The Morgan fingerprint density at radius 2 is 1.69 bits per heavy atom. The number of nitrogens with zero attached hydrogens (tertiary/aromatic N) is 2. The number of halogens is 1. The Morgan fingerprint density at radius 3 is 2.31 bits per heavy atom. The largest absolute Gasteiger partial charge is 0.339 e. The lowest BCUT2D eigenvalue weighted by molar-refractivity contribution is 0.102. The van der Waals surface area contributed by atoms with Gasteiger partial charge in [-0.3, -0.25) is 4.79 Å². The Morgan fingerprint density at radius 1 is 0.962 bits per heavy atom. The van der Waals surface area contributed by atoms with Gasteiger partial charge in [0, 0.05) is 16.4 Å². The topological polar surface area (TPSA) is 66.9 Å². The summed E-state index contributed by atoms with van der Waals surface area (Å²) in [6.45, 7) is 5.93. The van der Waals surface area contributed by atoms with Crippen molar-refractivity contribution in [1.29, 1.82) is 0 Å². The van der Waals surface area contributed by atoms with E-state index in [0.29, 0.717) is 10.8 Å². The van der Waals surface area contributed by atoms with Gasteiger partial charge in [0.2, 0.25) is 0 Å². The van der Waals surface area contributed by atoms with E-state index in [1.807, 2.05) is 45.0 Å². The smallest absolute Gasteiger partial charge is 0.275 e. The van der Waals surface area contributed by atoms with Gasteiger partial charge in [0.15, 0.2) is 0 Å². The van der Waals surface area contributed by atoms with Crippen LogP contribution >= 0.6 is 11.6 Å². The summed E-state index contributed by atoms with van der Waals surface area (Å²) in [5.41, 5.74) is 5.05. The zero-order valence-corrected chi connectivity index (χ0v) is 15.6. The number of carbonyl (C=O) groups is 1. The van der Waals surface area contributed by atoms with Crippen LogP contribution < -0.4 is 10.6 Å². The second kappa shape index (κ2) is 7.54. The van der Waals surface area contributed by atoms with Gasteiger partial charge in [0.05, 0.1) is 12.4 Å². The number of hydrogen-bond donors (Lipinski definition) is 2. The molecule has 0 unspecified atom stereocenters. The Bertz CT molecular complexity index is 934. The molecule has 2 aromatic carbocycles. The zero-order chi connectivity index (χ0) is 18.7. The molecule has 1 heterocycles. The molecule has 0 saturated carbocycles. The molecule has 2 N–H and O–H groups in total. The molecule has 0 radical (unpaired) electrons. The van der Waals surface area contributed by atoms with Crippen molar-refractivity contribution < 1.29 is 4.79 Å². The van der Waals surface area contributed by atoms with E-state index in [1.54, 1.807) is 6.07 Å². The molecule has 0 aliphatic heterocycles. The van der Waals surface area contributed by atoms with Crippen LogP contribution in [0.15, 0.2) is 48.8 Å². The highest BCUT2D eigenvalue weighted by atomic mass is 35.5. The van der Waals surface area contributed by atoms with E-state index in [9.17, 15) is 4.79 Å². The number of aromatic nitrogens is 2. The van der Waals surface area contributed by atoms with Gasteiger partial charge in [-0.05, 0) is 67.8 Å². The van der Waals surface area contributed by atoms with Crippen LogP contribution in [0.3, 0.4) is 0 Å². The maximum Gasteiger partial charge on any atom is 0.275 e. The molecule has 0 bridgehead atoms. The second-order valence-electron chi connectivity index (χ2n) is 6.20. The lowest BCUT2D eigenvalue weighted by atomic mass is 10.1. The molecule has 0 fully saturated rings. The number of aryl methyl sites for hydroxylation is 3. The predicted octanol–water partition coefficient (Wildman–Crippen LogP) is 5.05. The third kappa shape index (κ3) is 4.37. The van der Waals surface area contributed by atoms with E-state index in [2.05, 4.69) is 26.7 Å². The lowest BCUT2D eigenvalue weighted by Gasteiger charge is -2.10. The van der Waals surface area contributed by atoms with Crippen LogP contribution in [-0.2, 0) is 0 Å². The van der Waals surface area contributed by atoms with Crippen molar-refractivity contribution >= 4 is 34.7 Å². The van der Waals surface area contributed by atoms with Crippen molar-refractivity contribution in [2.24, 2.45) is 0 Å². The van der Waals surface area contributed by atoms with Gasteiger partial charge in [-0.1, -0.05) is 17.7 Å². The van der Waals surface area contributed by atoms with Crippen LogP contribution in [-0.4, -0.2) is 15.9 Å². The predicted molar refractivity (Wildman–Crippen MR) is 105 cm³/mol. The number of hydrogen-bond acceptors (Lipinski definition) is 4. The minimum atomic E-state index is -0.295. The Hall–Kier alpha value is -2.92. The van der Waals surface area contributed by atoms with Gasteiger partial charge >= 0.3 is 0 Å². The quantitative estimate of drug-likeness (QED) is 0.678. The van der Waals surface area contributed by atoms with Crippen LogP contribution in [0.5, 0.6) is 0 Å². The van der Waals surface area contributed by atoms with Gasteiger partial charge in [0.1, 0.15) is 11.5 Å². The monoisotopic (exact) mass is 366 g/mol. The summed E-state index contributed by atoms with van der Waals surface area (Å²) < 4.78 is 0. The van der Waals surface area contributed by atoms with Gasteiger partial charge in [-0.25, -0.2) is 9.97 Å². The van der Waals surface area contributed by atoms with E-state index in [0.717, 1.165) is 28.1 Å². The number of carbonyl (C=O) groups excluding carboxylic acids is 1. The van der Waals surface area contributed by atoms with Gasteiger partial charge < -0.3 is 10.6 Å². The molecule has 5 nitrogen and oxygen atoms in total. The summed E-state index contributed by atoms with van der Waals surface area (Å²) in [6.07, 6.45) is 2.98. The van der Waals surface area contributed by atoms with Crippen molar-refractivity contribution in [2.75, 3.05) is 10.6 Å². The summed E-state index contributed by atoms with van der Waals surface area (Å²) >= 11 is 5.96. The lowest BCUT2D eigenvalue weighted by Crippen LogP contribution is -2.14. The highest BCUT2D eigenvalue weighted by Crippen LogP contribution is 2.22. The van der Waals surface area contributed by atoms with Crippen LogP contribution in [0.4, 0.5) is 17.2 Å². The Kier molecular flexibility index (Phi) is 5.19. The molecule has 132 valence electrons. The Balaban J connectivity index is 1.71. The Labute approximate surface area is 157 Å². The first-order chi connectivity index (χ1) is 12.4. The minimum Gasteiger partial charge on any atom is -0.339 e. The fraction of sp³-hybridized carbons (Fsp3) is 0.150. The normalized spacial score (nSPS) is 10.5. The molecular formula is C20H19ClN4O. The number of amides is 1. The zero-order valence-electron chi connectivity index (χ0n) is 14.8. The molecule has 1 aromatic heterocycles. The first kappa shape index (κ1) is 17.9. The average molecular weight is 367 g/mol. The van der Waals surface area contributed by atoms with Gasteiger partial charge in [0.25, 0.3) is 5.91 Å². The SMILES string of the molecule is Cc1cc(C)cc(NC(=O)c2cnc(Nc3ccc(Cl)cc3C)cn2)c1. The summed E-state index contributed by atoms with van der Waals surface area (Å²) in [4.78, 5) is 20.8. The van der Waals surface area contributed by atoms with Crippen LogP contribution in [0.2, 0.25) is 5.02 Å². The third-order valence-corrected chi connectivity index (χ3v) is 4.05. The fourth-order valence-electron chi connectivity index (χ4n) is 2.66. The van der Waals surface area contributed by atoms with Crippen molar-refractivity contribution in [1.82, 2.24) is 9.97 Å². The van der Waals surface area contributed by atoms with E-state index < -0.39 is 0 Å². The molecule has 6 heteroatoms. The molecule has 0 atom stereocenters. The first-order valence-corrected chi connectivity index (χ1v) is 8.53. The van der Waals surface area contributed by atoms with Crippen molar-refractivity contribution in [3.63, 3.8) is 0 Å². The molecule has 3 rings (SSSR count). The van der Waals surface area contributed by atoms with Crippen molar-refractivity contribution in [3.8, 4) is 0 Å². The molecule has 3 aromatic rings. The molecule has 26 heavy (non-hydrogen) atoms. The summed E-state index contributed by atoms with van der Waals surface area (Å²) in [6, 6.07) is 11.4. The van der Waals surface area contributed by atoms with Crippen LogP contribution in [0.1, 0.15) is 27.2 Å².